The summed E-state index contributed by atoms with van der Waals surface area (Å²) >= 11 is 5.80. The average Bonchev–Trinajstić information content (AvgIpc) is 3.37. The van der Waals surface area contributed by atoms with Gasteiger partial charge in [0.2, 0.25) is 5.28 Å². The van der Waals surface area contributed by atoms with E-state index in [4.69, 9.17) is 11.6 Å². The molecule has 5 nitrogen and oxygen atoms in total. The summed E-state index contributed by atoms with van der Waals surface area (Å²) in [4.78, 5) is 12.2. The van der Waals surface area contributed by atoms with Gasteiger partial charge < -0.3 is 9.88 Å². The minimum atomic E-state index is -4.33. The van der Waals surface area contributed by atoms with Crippen LogP contribution in [0.15, 0.2) is 18.3 Å². The zero-order valence-electron chi connectivity index (χ0n) is 14.2. The van der Waals surface area contributed by atoms with Crippen molar-refractivity contribution in [3.05, 3.63) is 35.2 Å². The Hall–Kier alpha value is -2.49. The highest BCUT2D eigenvalue weighted by Crippen LogP contribution is 2.42. The van der Waals surface area contributed by atoms with E-state index in [2.05, 4.69) is 20.3 Å². The molecule has 4 rings (SSSR count). The van der Waals surface area contributed by atoms with Crippen LogP contribution in [-0.4, -0.2) is 32.2 Å². The summed E-state index contributed by atoms with van der Waals surface area (Å²) < 4.78 is 66.5. The molecule has 0 atom stereocenters. The third-order valence-electron chi connectivity index (χ3n) is 4.34. The van der Waals surface area contributed by atoms with Crippen molar-refractivity contribution >= 4 is 28.5 Å². The van der Waals surface area contributed by atoms with Gasteiger partial charge in [0.1, 0.15) is 11.6 Å². The molecule has 1 aliphatic rings. The van der Waals surface area contributed by atoms with Crippen LogP contribution in [0.25, 0.3) is 22.4 Å². The molecule has 2 heterocycles. The third kappa shape index (κ3) is 3.73. The number of rotatable bonds is 5. The molecule has 28 heavy (non-hydrogen) atoms. The first kappa shape index (κ1) is 18.9. The van der Waals surface area contributed by atoms with Gasteiger partial charge in [0.15, 0.2) is 11.6 Å². The molecule has 0 saturated heterocycles. The first-order valence-corrected chi connectivity index (χ1v) is 8.81. The van der Waals surface area contributed by atoms with Crippen molar-refractivity contribution < 1.29 is 22.0 Å². The Kier molecular flexibility index (Phi) is 4.60. The maximum Gasteiger partial charge on any atom is 0.390 e. The van der Waals surface area contributed by atoms with Gasteiger partial charge in [-0.25, -0.2) is 23.7 Å². The van der Waals surface area contributed by atoms with Crippen LogP contribution in [0.1, 0.15) is 25.3 Å². The molecule has 1 fully saturated rings. The highest BCUT2D eigenvalue weighted by molar-refractivity contribution is 6.28. The third-order valence-corrected chi connectivity index (χ3v) is 4.53. The summed E-state index contributed by atoms with van der Waals surface area (Å²) in [5.41, 5.74) is 0.931. The van der Waals surface area contributed by atoms with Crippen LogP contribution in [0.5, 0.6) is 0 Å². The number of imidazole rings is 1. The second kappa shape index (κ2) is 6.84. The van der Waals surface area contributed by atoms with Crippen molar-refractivity contribution in [1.82, 2.24) is 19.5 Å². The fourth-order valence-electron chi connectivity index (χ4n) is 2.96. The second-order valence-electron chi connectivity index (χ2n) is 6.48. The number of hydrogen-bond donors (Lipinski definition) is 1. The van der Waals surface area contributed by atoms with Crippen LogP contribution >= 0.6 is 11.6 Å². The number of alkyl halides is 3. The normalized spacial score (nSPS) is 14.6. The van der Waals surface area contributed by atoms with Crippen molar-refractivity contribution in [3.63, 3.8) is 0 Å². The van der Waals surface area contributed by atoms with Gasteiger partial charge in [-0.3, -0.25) is 0 Å². The molecule has 1 aliphatic carbocycles. The number of halogens is 6. The van der Waals surface area contributed by atoms with E-state index in [1.54, 1.807) is 4.57 Å². The van der Waals surface area contributed by atoms with E-state index < -0.39 is 30.8 Å². The van der Waals surface area contributed by atoms with Gasteiger partial charge in [0.05, 0.1) is 23.0 Å². The van der Waals surface area contributed by atoms with E-state index in [-0.39, 0.29) is 22.7 Å². The lowest BCUT2D eigenvalue weighted by molar-refractivity contribution is -0.131. The molecule has 1 N–H and O–H groups in total. The SMILES string of the molecule is Fc1cc2nc(-c3cnc(Cl)nc3NCCC(F)(F)F)n(C3CC3)c2cc1F. The van der Waals surface area contributed by atoms with E-state index in [0.29, 0.717) is 16.9 Å². The minimum Gasteiger partial charge on any atom is -0.369 e. The quantitative estimate of drug-likeness (QED) is 0.462. The van der Waals surface area contributed by atoms with Gasteiger partial charge in [-0.1, -0.05) is 0 Å². The molecule has 1 saturated carbocycles. The number of nitrogens with zero attached hydrogens (tertiary/aromatic N) is 4. The Balaban J connectivity index is 1.80. The zero-order valence-corrected chi connectivity index (χ0v) is 15.0. The van der Waals surface area contributed by atoms with Crippen molar-refractivity contribution in [3.8, 4) is 11.4 Å². The monoisotopic (exact) mass is 417 g/mol. The van der Waals surface area contributed by atoms with E-state index in [1.165, 1.54) is 6.20 Å². The predicted molar refractivity (Wildman–Crippen MR) is 93.1 cm³/mol. The zero-order chi connectivity index (χ0) is 20.1. The standard InChI is InChI=1S/C17H13ClF5N5/c18-16-25-7-9(14(27-16)24-4-3-17(21,22)23)15-26-12-5-10(19)11(20)6-13(12)28(15)8-1-2-8/h5-8H,1-4H2,(H,24,25,27). The number of benzene rings is 1. The molecule has 148 valence electrons. The Morgan fingerprint density at radius 3 is 2.54 bits per heavy atom. The smallest absolute Gasteiger partial charge is 0.369 e. The van der Waals surface area contributed by atoms with Crippen molar-refractivity contribution in [1.29, 1.82) is 0 Å². The van der Waals surface area contributed by atoms with Crippen molar-refractivity contribution in [2.24, 2.45) is 0 Å². The number of anilines is 1. The summed E-state index contributed by atoms with van der Waals surface area (Å²) in [6.45, 7) is -0.420. The second-order valence-corrected chi connectivity index (χ2v) is 6.82. The number of fused-ring (bicyclic) bond motifs is 1. The van der Waals surface area contributed by atoms with Crippen LogP contribution in [0, 0.1) is 11.6 Å². The number of hydrogen-bond acceptors (Lipinski definition) is 4. The minimum absolute atomic E-state index is 0.0311. The Labute approximate surface area is 160 Å². The molecule has 11 heteroatoms. The Morgan fingerprint density at radius 2 is 1.86 bits per heavy atom. The molecule has 0 bridgehead atoms. The maximum absolute atomic E-state index is 13.8. The molecule has 1 aromatic carbocycles. The summed E-state index contributed by atoms with van der Waals surface area (Å²) in [5, 5.41) is 2.46. The number of aromatic nitrogens is 4. The number of nitrogens with one attached hydrogen (secondary N) is 1. The summed E-state index contributed by atoms with van der Waals surface area (Å²) in [5.74, 6) is -1.65. The molecule has 0 spiro atoms. The van der Waals surface area contributed by atoms with E-state index in [0.717, 1.165) is 25.0 Å². The summed E-state index contributed by atoms with van der Waals surface area (Å²) in [6, 6.07) is 2.08. The fourth-order valence-corrected chi connectivity index (χ4v) is 3.10. The van der Waals surface area contributed by atoms with Gasteiger partial charge in [-0.2, -0.15) is 13.2 Å². The molecular formula is C17H13ClF5N5. The lowest BCUT2D eigenvalue weighted by Gasteiger charge is -2.13. The van der Waals surface area contributed by atoms with Gasteiger partial charge in [0, 0.05) is 30.9 Å². The molecular weight excluding hydrogens is 405 g/mol. The first-order valence-electron chi connectivity index (χ1n) is 8.43. The lowest BCUT2D eigenvalue weighted by Crippen LogP contribution is -2.16. The van der Waals surface area contributed by atoms with Crippen LogP contribution in [0.3, 0.4) is 0 Å². The first-order chi connectivity index (χ1) is 13.2. The summed E-state index contributed by atoms with van der Waals surface area (Å²) in [6.07, 6.45) is -2.42. The van der Waals surface area contributed by atoms with Crippen molar-refractivity contribution in [2.75, 3.05) is 11.9 Å². The highest BCUT2D eigenvalue weighted by Gasteiger charge is 2.31. The van der Waals surface area contributed by atoms with Crippen LogP contribution in [-0.2, 0) is 0 Å². The van der Waals surface area contributed by atoms with Gasteiger partial charge in [-0.05, 0) is 24.4 Å². The van der Waals surface area contributed by atoms with Gasteiger partial charge in [0.25, 0.3) is 0 Å². The molecule has 0 radical (unpaired) electrons. The fraction of sp³-hybridized carbons (Fsp3) is 0.353. The Bertz CT molecular complexity index is 1040. The van der Waals surface area contributed by atoms with Crippen LogP contribution in [0.4, 0.5) is 27.8 Å². The maximum atomic E-state index is 13.8. The highest BCUT2D eigenvalue weighted by atomic mass is 35.5. The molecule has 3 aromatic rings. The average molecular weight is 418 g/mol. The largest absolute Gasteiger partial charge is 0.390 e. The molecule has 0 amide bonds. The molecule has 0 aliphatic heterocycles. The molecule has 0 unspecified atom stereocenters. The van der Waals surface area contributed by atoms with E-state index in [1.807, 2.05) is 0 Å². The van der Waals surface area contributed by atoms with Gasteiger partial charge >= 0.3 is 6.18 Å². The lowest BCUT2D eigenvalue weighted by atomic mass is 10.2. The van der Waals surface area contributed by atoms with E-state index >= 15 is 0 Å². The van der Waals surface area contributed by atoms with Crippen molar-refractivity contribution in [2.45, 2.75) is 31.5 Å². The predicted octanol–water partition coefficient (Wildman–Crippen LogP) is 5.12. The van der Waals surface area contributed by atoms with Crippen LogP contribution in [0.2, 0.25) is 5.28 Å². The van der Waals surface area contributed by atoms with Gasteiger partial charge in [-0.15, -0.1) is 0 Å². The molecule has 2 aromatic heterocycles. The van der Waals surface area contributed by atoms with E-state index in [9.17, 15) is 22.0 Å². The Morgan fingerprint density at radius 1 is 1.14 bits per heavy atom. The summed E-state index contributed by atoms with van der Waals surface area (Å²) in [7, 11) is 0. The van der Waals surface area contributed by atoms with Crippen LogP contribution < -0.4 is 5.32 Å². The topological polar surface area (TPSA) is 55.6 Å².